The fourth-order valence-corrected chi connectivity index (χ4v) is 3.00. The average molecular weight is 307 g/mol. The summed E-state index contributed by atoms with van der Waals surface area (Å²) < 4.78 is 13.5. The van der Waals surface area contributed by atoms with E-state index in [4.69, 9.17) is 0 Å². The normalized spacial score (nSPS) is 10.9. The number of carbonyl (C=O) groups excluding carboxylic acids is 1. The minimum absolute atomic E-state index is 0.275. The van der Waals surface area contributed by atoms with E-state index in [1.165, 1.54) is 17.4 Å². The van der Waals surface area contributed by atoms with Crippen LogP contribution in [0.5, 0.6) is 0 Å². The lowest BCUT2D eigenvalue weighted by molar-refractivity contribution is 0.102. The maximum absolute atomic E-state index is 13.5. The van der Waals surface area contributed by atoms with Crippen molar-refractivity contribution in [1.82, 2.24) is 10.2 Å². The molecule has 0 bridgehead atoms. The van der Waals surface area contributed by atoms with E-state index in [-0.39, 0.29) is 11.5 Å². The second-order valence-electron chi connectivity index (χ2n) is 4.88. The quantitative estimate of drug-likeness (QED) is 0.903. The first-order valence-corrected chi connectivity index (χ1v) is 7.77. The monoisotopic (exact) mass is 307 g/mol. The molecule has 112 valence electrons. The van der Waals surface area contributed by atoms with E-state index in [1.807, 2.05) is 0 Å². The molecule has 0 saturated heterocycles. The number of nitrogens with zero attached hydrogens (tertiary/aromatic N) is 2. The van der Waals surface area contributed by atoms with Crippen molar-refractivity contribution in [2.75, 3.05) is 5.32 Å². The lowest BCUT2D eigenvalue weighted by Gasteiger charge is -2.06. The lowest BCUT2D eigenvalue weighted by atomic mass is 10.1. The van der Waals surface area contributed by atoms with E-state index in [0.717, 1.165) is 17.8 Å². The predicted octanol–water partition coefficient (Wildman–Crippen LogP) is 4.14. The van der Waals surface area contributed by atoms with Crippen LogP contribution >= 0.6 is 11.3 Å². The molecule has 1 aromatic carbocycles. The molecule has 1 amide bonds. The third-order valence-electron chi connectivity index (χ3n) is 3.43. The summed E-state index contributed by atoms with van der Waals surface area (Å²) in [6.07, 6.45) is 1.98. The highest BCUT2D eigenvalue weighted by Gasteiger charge is 2.15. The van der Waals surface area contributed by atoms with Crippen molar-refractivity contribution in [3.05, 3.63) is 40.2 Å². The molecule has 2 rings (SSSR count). The minimum Gasteiger partial charge on any atom is -0.296 e. The van der Waals surface area contributed by atoms with Gasteiger partial charge in [-0.3, -0.25) is 10.1 Å². The van der Waals surface area contributed by atoms with Crippen molar-refractivity contribution < 1.29 is 9.18 Å². The summed E-state index contributed by atoms with van der Waals surface area (Å²) in [5.74, 6) is -0.399. The van der Waals surface area contributed by atoms with E-state index >= 15 is 0 Å². The molecule has 0 fully saturated rings. The number of aryl methyl sites for hydroxylation is 1. The van der Waals surface area contributed by atoms with E-state index in [1.54, 1.807) is 19.1 Å². The number of anilines is 1. The second-order valence-corrected chi connectivity index (χ2v) is 5.89. The zero-order chi connectivity index (χ0) is 15.4. The molecular formula is C15H18FN3OS. The van der Waals surface area contributed by atoms with Crippen molar-refractivity contribution in [3.8, 4) is 0 Å². The Morgan fingerprint density at radius 3 is 2.67 bits per heavy atom. The van der Waals surface area contributed by atoms with Crippen molar-refractivity contribution in [3.63, 3.8) is 0 Å². The number of nitrogens with one attached hydrogen (secondary N) is 1. The van der Waals surface area contributed by atoms with Crippen molar-refractivity contribution in [2.45, 2.75) is 39.5 Å². The number of carbonyl (C=O) groups is 1. The molecule has 1 aromatic heterocycles. The zero-order valence-electron chi connectivity index (χ0n) is 12.3. The van der Waals surface area contributed by atoms with Gasteiger partial charge < -0.3 is 0 Å². The van der Waals surface area contributed by atoms with E-state index in [9.17, 15) is 9.18 Å². The van der Waals surface area contributed by atoms with Crippen molar-refractivity contribution in [1.29, 1.82) is 0 Å². The van der Waals surface area contributed by atoms with Gasteiger partial charge >= 0.3 is 0 Å². The van der Waals surface area contributed by atoms with Gasteiger partial charge in [0.05, 0.1) is 0 Å². The van der Waals surface area contributed by atoms with Crippen LogP contribution in [0.4, 0.5) is 9.52 Å². The summed E-state index contributed by atoms with van der Waals surface area (Å²) in [4.78, 5) is 12.1. The molecule has 6 heteroatoms. The van der Waals surface area contributed by atoms with Crippen LogP contribution in [0.15, 0.2) is 18.2 Å². The van der Waals surface area contributed by atoms with Gasteiger partial charge in [-0.15, -0.1) is 10.2 Å². The Labute approximate surface area is 127 Å². The highest BCUT2D eigenvalue weighted by Crippen LogP contribution is 2.28. The van der Waals surface area contributed by atoms with Crippen LogP contribution in [0.25, 0.3) is 0 Å². The summed E-state index contributed by atoms with van der Waals surface area (Å²) in [5, 5.41) is 12.1. The third kappa shape index (κ3) is 3.64. The van der Waals surface area contributed by atoms with E-state index < -0.39 is 5.82 Å². The molecule has 1 heterocycles. The van der Waals surface area contributed by atoms with Crippen LogP contribution in [0, 0.1) is 12.7 Å². The molecule has 21 heavy (non-hydrogen) atoms. The maximum Gasteiger partial charge on any atom is 0.257 e. The molecule has 4 nitrogen and oxygen atoms in total. The number of halogens is 1. The van der Waals surface area contributed by atoms with Gasteiger partial charge in [0, 0.05) is 11.5 Å². The molecule has 0 radical (unpaired) electrons. The van der Waals surface area contributed by atoms with Crippen LogP contribution in [-0.4, -0.2) is 16.1 Å². The van der Waals surface area contributed by atoms with Crippen LogP contribution < -0.4 is 5.32 Å². The first kappa shape index (κ1) is 15.6. The molecule has 0 atom stereocenters. The van der Waals surface area contributed by atoms with Crippen LogP contribution in [0.3, 0.4) is 0 Å². The summed E-state index contributed by atoms with van der Waals surface area (Å²) in [6.45, 7) is 5.86. The highest BCUT2D eigenvalue weighted by atomic mass is 32.1. The van der Waals surface area contributed by atoms with Gasteiger partial charge in [-0.05, 0) is 37.5 Å². The molecule has 0 aliphatic heterocycles. The van der Waals surface area contributed by atoms with Gasteiger partial charge in [-0.2, -0.15) is 0 Å². The van der Waals surface area contributed by atoms with Crippen molar-refractivity contribution >= 4 is 22.4 Å². The van der Waals surface area contributed by atoms with Gasteiger partial charge in [0.1, 0.15) is 10.8 Å². The molecule has 0 aliphatic rings. The largest absolute Gasteiger partial charge is 0.296 e. The molecule has 0 unspecified atom stereocenters. The van der Waals surface area contributed by atoms with E-state index in [0.29, 0.717) is 16.6 Å². The lowest BCUT2D eigenvalue weighted by Crippen LogP contribution is -2.12. The number of hydrogen-bond acceptors (Lipinski definition) is 4. The molecule has 0 aliphatic carbocycles. The van der Waals surface area contributed by atoms with Gasteiger partial charge in [-0.1, -0.05) is 31.3 Å². The SMILES string of the molecule is CCC(CC)c1nnc(NC(=O)c2ccc(C)c(F)c2)s1. The Hall–Kier alpha value is -1.82. The summed E-state index contributed by atoms with van der Waals surface area (Å²) in [5.41, 5.74) is 0.788. The fraction of sp³-hybridized carbons (Fsp3) is 0.400. The Bertz CT molecular complexity index is 638. The number of benzene rings is 1. The molecule has 1 N–H and O–H groups in total. The Morgan fingerprint density at radius 1 is 1.33 bits per heavy atom. The van der Waals surface area contributed by atoms with Crippen LogP contribution in [-0.2, 0) is 0 Å². The Morgan fingerprint density at radius 2 is 2.05 bits per heavy atom. The van der Waals surface area contributed by atoms with Gasteiger partial charge in [0.15, 0.2) is 0 Å². The molecule has 0 saturated carbocycles. The first-order valence-electron chi connectivity index (χ1n) is 6.96. The molecule has 2 aromatic rings. The first-order chi connectivity index (χ1) is 10.0. The van der Waals surface area contributed by atoms with Gasteiger partial charge in [0.25, 0.3) is 5.91 Å². The summed E-state index contributed by atoms with van der Waals surface area (Å²) >= 11 is 1.37. The Kier molecular flexibility index (Phi) is 5.01. The summed E-state index contributed by atoms with van der Waals surface area (Å²) in [6, 6.07) is 4.41. The minimum atomic E-state index is -0.391. The fourth-order valence-electron chi connectivity index (χ4n) is 1.99. The zero-order valence-corrected chi connectivity index (χ0v) is 13.1. The van der Waals surface area contributed by atoms with E-state index in [2.05, 4.69) is 29.4 Å². The van der Waals surface area contributed by atoms with Gasteiger partial charge in [0.2, 0.25) is 5.13 Å². The number of amides is 1. The van der Waals surface area contributed by atoms with Crippen LogP contribution in [0.2, 0.25) is 0 Å². The molecule has 0 spiro atoms. The number of hydrogen-bond donors (Lipinski definition) is 1. The second kappa shape index (κ2) is 6.76. The third-order valence-corrected chi connectivity index (χ3v) is 4.43. The van der Waals surface area contributed by atoms with Crippen molar-refractivity contribution in [2.24, 2.45) is 0 Å². The van der Waals surface area contributed by atoms with Crippen LogP contribution in [0.1, 0.15) is 53.5 Å². The number of rotatable bonds is 5. The maximum atomic E-state index is 13.5. The van der Waals surface area contributed by atoms with Gasteiger partial charge in [-0.25, -0.2) is 4.39 Å². The Balaban J connectivity index is 2.11. The number of aromatic nitrogens is 2. The topological polar surface area (TPSA) is 54.9 Å². The highest BCUT2D eigenvalue weighted by molar-refractivity contribution is 7.15. The predicted molar refractivity (Wildman–Crippen MR) is 82.3 cm³/mol. The summed E-state index contributed by atoms with van der Waals surface area (Å²) in [7, 11) is 0. The molecular weight excluding hydrogens is 289 g/mol. The smallest absolute Gasteiger partial charge is 0.257 e. The standard InChI is InChI=1S/C15H18FN3OS/c1-4-10(5-2)14-18-19-15(21-14)17-13(20)11-7-6-9(3)12(16)8-11/h6-8,10H,4-5H2,1-3H3,(H,17,19,20). The average Bonchev–Trinajstić information content (AvgIpc) is 2.91.